The van der Waals surface area contributed by atoms with Gasteiger partial charge < -0.3 is 19.3 Å². The number of ether oxygens (including phenoxy) is 3. The van der Waals surface area contributed by atoms with Crippen molar-refractivity contribution >= 4 is 0 Å². The molecule has 0 saturated carbocycles. The molecule has 0 saturated heterocycles. The molecule has 4 nitrogen and oxygen atoms in total. The first-order chi connectivity index (χ1) is 11.1. The molecule has 0 rings (SSSR count). The summed E-state index contributed by atoms with van der Waals surface area (Å²) in [6, 6.07) is 0. The van der Waals surface area contributed by atoms with Gasteiger partial charge >= 0.3 is 0 Å². The molecule has 1 atom stereocenters. The van der Waals surface area contributed by atoms with Crippen molar-refractivity contribution in [1.82, 2.24) is 0 Å². The van der Waals surface area contributed by atoms with E-state index in [1.807, 2.05) is 0 Å². The predicted molar refractivity (Wildman–Crippen MR) is 95.4 cm³/mol. The highest BCUT2D eigenvalue weighted by atomic mass is 16.9. The maximum Gasteiger partial charge on any atom is 0.288 e. The predicted octanol–water partition coefficient (Wildman–Crippen LogP) is 4.89. The van der Waals surface area contributed by atoms with E-state index in [0.29, 0.717) is 0 Å². The van der Waals surface area contributed by atoms with E-state index < -0.39 is 5.97 Å². The van der Waals surface area contributed by atoms with Crippen molar-refractivity contribution < 1.29 is 19.3 Å². The van der Waals surface area contributed by atoms with E-state index in [1.54, 1.807) is 21.3 Å². The van der Waals surface area contributed by atoms with E-state index in [-0.39, 0.29) is 12.0 Å². The van der Waals surface area contributed by atoms with Crippen LogP contribution in [0.15, 0.2) is 0 Å². The maximum atomic E-state index is 9.33. The second kappa shape index (κ2) is 13.2. The summed E-state index contributed by atoms with van der Waals surface area (Å²) in [5.74, 6) is -1.03. The lowest BCUT2D eigenvalue weighted by atomic mass is 9.72. The number of aliphatic hydroxyl groups excluding tert-OH is 1. The number of aliphatic hydroxyl groups is 1. The second-order valence-corrected chi connectivity index (χ2v) is 6.54. The van der Waals surface area contributed by atoms with Gasteiger partial charge in [-0.1, -0.05) is 58.8 Å². The Labute approximate surface area is 143 Å². The highest BCUT2D eigenvalue weighted by Crippen LogP contribution is 2.48. The summed E-state index contributed by atoms with van der Waals surface area (Å²) in [6.45, 7) is 4.61. The molecule has 0 aliphatic heterocycles. The SMILES string of the molecule is CCCCCCCCC(CCC)(CCCO)C(OC)(OC)OC. The molecule has 0 spiro atoms. The second-order valence-electron chi connectivity index (χ2n) is 6.54. The van der Waals surface area contributed by atoms with Crippen LogP contribution < -0.4 is 0 Å². The van der Waals surface area contributed by atoms with Crippen LogP contribution in [0, 0.1) is 5.41 Å². The van der Waals surface area contributed by atoms with E-state index >= 15 is 0 Å². The standard InChI is InChI=1S/C19H40O4/c1-6-8-9-10-11-12-15-18(14-7-2,16-13-17-20)19(21-3,22-4)23-5/h20H,6-17H2,1-5H3. The monoisotopic (exact) mass is 332 g/mol. The van der Waals surface area contributed by atoms with Crippen molar-refractivity contribution in [3.8, 4) is 0 Å². The summed E-state index contributed by atoms with van der Waals surface area (Å²) in [5.41, 5.74) is -0.215. The van der Waals surface area contributed by atoms with Crippen molar-refractivity contribution in [2.24, 2.45) is 5.41 Å². The summed E-state index contributed by atoms with van der Waals surface area (Å²) in [5, 5.41) is 9.33. The number of rotatable bonds is 16. The Morgan fingerprint density at radius 2 is 1.17 bits per heavy atom. The van der Waals surface area contributed by atoms with Gasteiger partial charge in [0.2, 0.25) is 0 Å². The first-order valence-electron chi connectivity index (χ1n) is 9.38. The largest absolute Gasteiger partial charge is 0.396 e. The zero-order valence-electron chi connectivity index (χ0n) is 16.2. The highest BCUT2D eigenvalue weighted by molar-refractivity contribution is 4.88. The van der Waals surface area contributed by atoms with Crippen molar-refractivity contribution in [2.75, 3.05) is 27.9 Å². The van der Waals surface area contributed by atoms with Gasteiger partial charge in [-0.2, -0.15) is 0 Å². The first kappa shape index (κ1) is 22.8. The van der Waals surface area contributed by atoms with Gasteiger partial charge in [0, 0.05) is 27.9 Å². The van der Waals surface area contributed by atoms with Crippen molar-refractivity contribution in [3.63, 3.8) is 0 Å². The maximum absolute atomic E-state index is 9.33. The fraction of sp³-hybridized carbons (Fsp3) is 1.00. The molecule has 0 aliphatic carbocycles. The molecule has 4 heteroatoms. The van der Waals surface area contributed by atoms with Gasteiger partial charge in [0.15, 0.2) is 0 Å². The van der Waals surface area contributed by atoms with Gasteiger partial charge in [0.1, 0.15) is 0 Å². The van der Waals surface area contributed by atoms with Gasteiger partial charge in [-0.05, 0) is 25.7 Å². The lowest BCUT2D eigenvalue weighted by molar-refractivity contribution is -0.411. The van der Waals surface area contributed by atoms with Gasteiger partial charge in [-0.25, -0.2) is 0 Å². The molecule has 0 aliphatic rings. The molecule has 140 valence electrons. The van der Waals surface area contributed by atoms with Gasteiger partial charge in [0.05, 0.1) is 5.41 Å². The van der Waals surface area contributed by atoms with Gasteiger partial charge in [-0.15, -0.1) is 0 Å². The molecule has 0 aromatic carbocycles. The number of hydrogen-bond donors (Lipinski definition) is 1. The van der Waals surface area contributed by atoms with Crippen LogP contribution >= 0.6 is 0 Å². The molecule has 0 aromatic rings. The van der Waals surface area contributed by atoms with E-state index in [1.165, 1.54) is 32.1 Å². The molecule has 0 aromatic heterocycles. The van der Waals surface area contributed by atoms with Crippen LogP contribution in [0.25, 0.3) is 0 Å². The first-order valence-corrected chi connectivity index (χ1v) is 9.38. The molecule has 0 amide bonds. The van der Waals surface area contributed by atoms with Crippen molar-refractivity contribution in [2.45, 2.75) is 90.4 Å². The minimum absolute atomic E-state index is 0.190. The fourth-order valence-corrected chi connectivity index (χ4v) is 3.87. The Balaban J connectivity index is 5.00. The topological polar surface area (TPSA) is 47.9 Å². The average molecular weight is 333 g/mol. The molecule has 23 heavy (non-hydrogen) atoms. The van der Waals surface area contributed by atoms with Gasteiger partial charge in [-0.3, -0.25) is 0 Å². The van der Waals surface area contributed by atoms with E-state index in [4.69, 9.17) is 14.2 Å². The van der Waals surface area contributed by atoms with Crippen molar-refractivity contribution in [1.29, 1.82) is 0 Å². The Morgan fingerprint density at radius 1 is 0.652 bits per heavy atom. The zero-order valence-corrected chi connectivity index (χ0v) is 16.2. The average Bonchev–Trinajstić information content (AvgIpc) is 2.58. The third-order valence-electron chi connectivity index (χ3n) is 5.01. The third kappa shape index (κ3) is 6.69. The van der Waals surface area contributed by atoms with Crippen LogP contribution in [0.1, 0.15) is 84.5 Å². The van der Waals surface area contributed by atoms with Crippen LogP contribution in [0.2, 0.25) is 0 Å². The summed E-state index contributed by atoms with van der Waals surface area (Å²) in [7, 11) is 4.95. The summed E-state index contributed by atoms with van der Waals surface area (Å²) < 4.78 is 17.2. The van der Waals surface area contributed by atoms with E-state index in [0.717, 1.165) is 38.5 Å². The Bertz CT molecular complexity index is 258. The third-order valence-corrected chi connectivity index (χ3v) is 5.01. The van der Waals surface area contributed by atoms with Gasteiger partial charge in [0.25, 0.3) is 5.97 Å². The molecule has 0 heterocycles. The smallest absolute Gasteiger partial charge is 0.288 e. The quantitative estimate of drug-likeness (QED) is 0.323. The molecule has 1 N–H and O–H groups in total. The van der Waals surface area contributed by atoms with Crippen LogP contribution in [-0.4, -0.2) is 39.0 Å². The van der Waals surface area contributed by atoms with E-state index in [2.05, 4.69) is 13.8 Å². The summed E-state index contributed by atoms with van der Waals surface area (Å²) in [4.78, 5) is 0. The Morgan fingerprint density at radius 3 is 1.65 bits per heavy atom. The van der Waals surface area contributed by atoms with Crippen LogP contribution in [0.3, 0.4) is 0 Å². The zero-order chi connectivity index (χ0) is 17.6. The lowest BCUT2D eigenvalue weighted by Gasteiger charge is -2.47. The van der Waals surface area contributed by atoms with Crippen molar-refractivity contribution in [3.05, 3.63) is 0 Å². The number of unbranched alkanes of at least 4 members (excludes halogenated alkanes) is 5. The Kier molecular flexibility index (Phi) is 13.1. The molecule has 0 radical (unpaired) electrons. The number of methoxy groups -OCH3 is 3. The fourth-order valence-electron chi connectivity index (χ4n) is 3.87. The molecular weight excluding hydrogens is 292 g/mol. The lowest BCUT2D eigenvalue weighted by Crippen LogP contribution is -2.53. The minimum atomic E-state index is -1.03. The highest BCUT2D eigenvalue weighted by Gasteiger charge is 2.52. The summed E-state index contributed by atoms with van der Waals surface area (Å²) in [6.07, 6.45) is 12.2. The molecule has 0 bridgehead atoms. The minimum Gasteiger partial charge on any atom is -0.396 e. The van der Waals surface area contributed by atoms with Crippen LogP contribution in [0.4, 0.5) is 0 Å². The van der Waals surface area contributed by atoms with E-state index in [9.17, 15) is 5.11 Å². The molecular formula is C19H40O4. The Hall–Kier alpha value is -0.160. The summed E-state index contributed by atoms with van der Waals surface area (Å²) >= 11 is 0. The molecule has 0 fully saturated rings. The number of hydrogen-bond acceptors (Lipinski definition) is 4. The normalized spacial score (nSPS) is 14.9. The van der Waals surface area contributed by atoms with Crippen LogP contribution in [-0.2, 0) is 14.2 Å². The molecule has 1 unspecified atom stereocenters. The van der Waals surface area contributed by atoms with Crippen LogP contribution in [0.5, 0.6) is 0 Å².